The third-order valence-electron chi connectivity index (χ3n) is 3.62. The van der Waals surface area contributed by atoms with Gasteiger partial charge in [0, 0.05) is 23.5 Å². The van der Waals surface area contributed by atoms with E-state index in [1.807, 2.05) is 0 Å². The lowest BCUT2D eigenvalue weighted by atomic mass is 10.1. The number of carbonyl (C=O) groups excluding carboxylic acids is 1. The number of anilines is 1. The molecule has 3 rings (SSSR count). The summed E-state index contributed by atoms with van der Waals surface area (Å²) in [7, 11) is 0. The van der Waals surface area contributed by atoms with Crippen molar-refractivity contribution in [2.75, 3.05) is 5.32 Å². The Morgan fingerprint density at radius 3 is 2.58 bits per heavy atom. The van der Waals surface area contributed by atoms with Crippen molar-refractivity contribution in [1.29, 1.82) is 0 Å². The number of ether oxygens (including phenoxy) is 1. The summed E-state index contributed by atoms with van der Waals surface area (Å²) in [6, 6.07) is 10.8. The summed E-state index contributed by atoms with van der Waals surface area (Å²) < 4.78 is 18.5. The number of nitrogens with zero attached hydrogens (tertiary/aromatic N) is 3. The van der Waals surface area contributed by atoms with E-state index in [0.717, 1.165) is 5.69 Å². The molecule has 132 valence electrons. The van der Waals surface area contributed by atoms with Crippen molar-refractivity contribution in [1.82, 2.24) is 15.0 Å². The second-order valence-electron chi connectivity index (χ2n) is 5.62. The minimum absolute atomic E-state index is 0.0107. The zero-order valence-electron chi connectivity index (χ0n) is 14.4. The number of rotatable bonds is 6. The van der Waals surface area contributed by atoms with E-state index in [1.165, 1.54) is 31.2 Å². The van der Waals surface area contributed by atoms with Crippen LogP contribution in [0.1, 0.15) is 28.7 Å². The number of aryl methyl sites for hydroxylation is 1. The minimum Gasteiger partial charge on any atom is -0.439 e. The van der Waals surface area contributed by atoms with E-state index in [1.54, 1.807) is 31.3 Å². The topological polar surface area (TPSA) is 77.0 Å². The van der Waals surface area contributed by atoms with E-state index in [-0.39, 0.29) is 11.6 Å². The summed E-state index contributed by atoms with van der Waals surface area (Å²) in [6.07, 6.45) is 1.56. The maximum Gasteiger partial charge on any atom is 0.226 e. The Balaban J connectivity index is 1.66. The predicted octanol–water partition coefficient (Wildman–Crippen LogP) is 3.93. The van der Waals surface area contributed by atoms with E-state index in [0.29, 0.717) is 35.4 Å². The molecule has 0 unspecified atom stereocenters. The highest BCUT2D eigenvalue weighted by molar-refractivity contribution is 5.95. The molecule has 0 atom stereocenters. The Kier molecular flexibility index (Phi) is 5.17. The molecule has 0 bridgehead atoms. The van der Waals surface area contributed by atoms with Gasteiger partial charge in [0.1, 0.15) is 11.6 Å². The predicted molar refractivity (Wildman–Crippen MR) is 94.8 cm³/mol. The number of nitrogens with one attached hydrogen (secondary N) is 1. The highest BCUT2D eigenvalue weighted by Gasteiger charge is 2.07. The van der Waals surface area contributed by atoms with Crippen molar-refractivity contribution >= 4 is 11.7 Å². The number of Topliss-reactive ketones (excluding diaryl/α,β-unsaturated/α-hetero) is 1. The molecule has 26 heavy (non-hydrogen) atoms. The van der Waals surface area contributed by atoms with Gasteiger partial charge in [-0.05, 0) is 50.2 Å². The third kappa shape index (κ3) is 4.38. The molecule has 0 saturated heterocycles. The van der Waals surface area contributed by atoms with Crippen molar-refractivity contribution in [3.63, 3.8) is 0 Å². The minimum atomic E-state index is -0.332. The molecule has 0 amide bonds. The van der Waals surface area contributed by atoms with Crippen LogP contribution in [0, 0.1) is 12.7 Å². The smallest absolute Gasteiger partial charge is 0.226 e. The first-order valence-corrected chi connectivity index (χ1v) is 7.99. The number of hydrogen-bond donors (Lipinski definition) is 1. The van der Waals surface area contributed by atoms with E-state index in [4.69, 9.17) is 4.74 Å². The monoisotopic (exact) mass is 352 g/mol. The van der Waals surface area contributed by atoms with Gasteiger partial charge in [-0.15, -0.1) is 0 Å². The first kappa shape index (κ1) is 17.5. The second kappa shape index (κ2) is 7.69. The number of carbonyl (C=O) groups is 1. The van der Waals surface area contributed by atoms with E-state index >= 15 is 0 Å². The van der Waals surface area contributed by atoms with E-state index in [2.05, 4.69) is 20.3 Å². The molecule has 1 N–H and O–H groups in total. The number of benzene rings is 1. The van der Waals surface area contributed by atoms with Crippen molar-refractivity contribution in [3.05, 3.63) is 71.4 Å². The number of pyridine rings is 1. The lowest BCUT2D eigenvalue weighted by Crippen LogP contribution is -2.07. The standard InChI is InChI=1S/C19H17FN4O2/c1-12-17(13(2)25)8-5-15(23-12)11-22-19-21-10-9-18(24-19)26-16-6-3-14(20)4-7-16/h3-10H,11H2,1-2H3,(H,21,22,24). The Labute approximate surface area is 150 Å². The summed E-state index contributed by atoms with van der Waals surface area (Å²) in [5.41, 5.74) is 2.06. The average Bonchev–Trinajstić information content (AvgIpc) is 2.62. The van der Waals surface area contributed by atoms with Crippen LogP contribution >= 0.6 is 0 Å². The molecule has 6 nitrogen and oxygen atoms in total. The highest BCUT2D eigenvalue weighted by Crippen LogP contribution is 2.20. The van der Waals surface area contributed by atoms with Crippen LogP contribution in [0.4, 0.5) is 10.3 Å². The molecule has 1 aromatic carbocycles. The number of hydrogen-bond acceptors (Lipinski definition) is 6. The summed E-state index contributed by atoms with van der Waals surface area (Å²) in [5, 5.41) is 3.06. The lowest BCUT2D eigenvalue weighted by Gasteiger charge is -2.09. The fraction of sp³-hybridized carbons (Fsp3) is 0.158. The number of aromatic nitrogens is 3. The summed E-state index contributed by atoms with van der Waals surface area (Å²) >= 11 is 0. The van der Waals surface area contributed by atoms with Gasteiger partial charge in [0.05, 0.1) is 12.2 Å². The van der Waals surface area contributed by atoms with Gasteiger partial charge in [0.25, 0.3) is 0 Å². The summed E-state index contributed by atoms with van der Waals surface area (Å²) in [6.45, 7) is 3.72. The number of halogens is 1. The van der Waals surface area contributed by atoms with Crippen LogP contribution in [0.3, 0.4) is 0 Å². The molecule has 3 aromatic rings. The third-order valence-corrected chi connectivity index (χ3v) is 3.62. The molecule has 0 aliphatic rings. The largest absolute Gasteiger partial charge is 0.439 e. The first-order valence-electron chi connectivity index (χ1n) is 7.99. The maximum absolute atomic E-state index is 12.9. The van der Waals surface area contributed by atoms with Crippen LogP contribution < -0.4 is 10.1 Å². The fourth-order valence-electron chi connectivity index (χ4n) is 2.36. The van der Waals surface area contributed by atoms with Gasteiger partial charge in [0.2, 0.25) is 11.8 Å². The van der Waals surface area contributed by atoms with Crippen LogP contribution in [0.5, 0.6) is 11.6 Å². The van der Waals surface area contributed by atoms with Crippen LogP contribution in [0.25, 0.3) is 0 Å². The number of ketones is 1. The maximum atomic E-state index is 12.9. The van der Waals surface area contributed by atoms with Gasteiger partial charge in [-0.1, -0.05) is 0 Å². The molecule has 7 heteroatoms. The second-order valence-corrected chi connectivity index (χ2v) is 5.62. The molecule has 2 aromatic heterocycles. The molecule has 0 spiro atoms. The molecule has 0 aliphatic carbocycles. The fourth-order valence-corrected chi connectivity index (χ4v) is 2.36. The molecule has 0 fully saturated rings. The van der Waals surface area contributed by atoms with Crippen LogP contribution in [0.2, 0.25) is 0 Å². The molecule has 0 aliphatic heterocycles. The normalized spacial score (nSPS) is 10.4. The summed E-state index contributed by atoms with van der Waals surface area (Å²) in [5.74, 6) is 0.850. The molecule has 2 heterocycles. The Bertz CT molecular complexity index is 929. The molecular formula is C19H17FN4O2. The van der Waals surface area contributed by atoms with Crippen molar-refractivity contribution in [2.45, 2.75) is 20.4 Å². The van der Waals surface area contributed by atoms with Gasteiger partial charge in [-0.2, -0.15) is 4.98 Å². The van der Waals surface area contributed by atoms with Crippen LogP contribution in [-0.2, 0) is 6.54 Å². The first-order chi connectivity index (χ1) is 12.5. The van der Waals surface area contributed by atoms with Gasteiger partial charge in [0.15, 0.2) is 5.78 Å². The van der Waals surface area contributed by atoms with Crippen molar-refractivity contribution < 1.29 is 13.9 Å². The Hall–Kier alpha value is -3.35. The zero-order valence-corrected chi connectivity index (χ0v) is 14.4. The Morgan fingerprint density at radius 1 is 1.12 bits per heavy atom. The highest BCUT2D eigenvalue weighted by atomic mass is 19.1. The van der Waals surface area contributed by atoms with Gasteiger partial charge < -0.3 is 10.1 Å². The van der Waals surface area contributed by atoms with Crippen LogP contribution in [-0.4, -0.2) is 20.7 Å². The molecule has 0 saturated carbocycles. The zero-order chi connectivity index (χ0) is 18.5. The van der Waals surface area contributed by atoms with Crippen molar-refractivity contribution in [2.24, 2.45) is 0 Å². The van der Waals surface area contributed by atoms with Gasteiger partial charge in [-0.25, -0.2) is 9.37 Å². The van der Waals surface area contributed by atoms with Crippen LogP contribution in [0.15, 0.2) is 48.7 Å². The van der Waals surface area contributed by atoms with Gasteiger partial charge >= 0.3 is 0 Å². The van der Waals surface area contributed by atoms with E-state index < -0.39 is 0 Å². The summed E-state index contributed by atoms with van der Waals surface area (Å²) in [4.78, 5) is 24.2. The van der Waals surface area contributed by atoms with Gasteiger partial charge in [-0.3, -0.25) is 9.78 Å². The Morgan fingerprint density at radius 2 is 1.88 bits per heavy atom. The average molecular weight is 352 g/mol. The van der Waals surface area contributed by atoms with Crippen molar-refractivity contribution in [3.8, 4) is 11.6 Å². The quantitative estimate of drug-likeness (QED) is 0.678. The molecule has 0 radical (unpaired) electrons. The SMILES string of the molecule is CC(=O)c1ccc(CNc2nccc(Oc3ccc(F)cc3)n2)nc1C. The lowest BCUT2D eigenvalue weighted by molar-refractivity contribution is 0.101. The molecular weight excluding hydrogens is 335 g/mol. The van der Waals surface area contributed by atoms with E-state index in [9.17, 15) is 9.18 Å².